The predicted octanol–water partition coefficient (Wildman–Crippen LogP) is 5.27. The van der Waals surface area contributed by atoms with Gasteiger partial charge in [0.25, 0.3) is 5.91 Å². The molecule has 1 saturated heterocycles. The van der Waals surface area contributed by atoms with Crippen LogP contribution in [-0.4, -0.2) is 50.0 Å². The van der Waals surface area contributed by atoms with Crippen molar-refractivity contribution >= 4 is 17.4 Å². The van der Waals surface area contributed by atoms with Crippen molar-refractivity contribution in [1.29, 1.82) is 0 Å². The molecule has 0 aliphatic carbocycles. The first kappa shape index (κ1) is 23.0. The first-order valence-corrected chi connectivity index (χ1v) is 11.1. The molecule has 0 spiro atoms. The lowest BCUT2D eigenvalue weighted by atomic mass is 10.0. The van der Waals surface area contributed by atoms with Crippen LogP contribution in [0.2, 0.25) is 0 Å². The minimum absolute atomic E-state index is 0.205. The van der Waals surface area contributed by atoms with Gasteiger partial charge in [0.1, 0.15) is 17.3 Å². The van der Waals surface area contributed by atoms with E-state index in [0.717, 1.165) is 30.0 Å². The van der Waals surface area contributed by atoms with Gasteiger partial charge < -0.3 is 24.4 Å². The Kier molecular flexibility index (Phi) is 6.21. The highest BCUT2D eigenvalue weighted by molar-refractivity contribution is 6.08. The Bertz CT molecular complexity index is 1240. The number of amides is 1. The van der Waals surface area contributed by atoms with E-state index >= 15 is 0 Å². The lowest BCUT2D eigenvalue weighted by Gasteiger charge is -2.28. The molecular formula is C25H22F3N3O4. The number of halogens is 3. The van der Waals surface area contributed by atoms with Crippen molar-refractivity contribution in [1.82, 2.24) is 4.98 Å². The molecule has 0 radical (unpaired) electrons. The van der Waals surface area contributed by atoms with Crippen LogP contribution < -0.4 is 19.7 Å². The predicted molar refractivity (Wildman–Crippen MR) is 123 cm³/mol. The van der Waals surface area contributed by atoms with Gasteiger partial charge in [0.15, 0.2) is 5.75 Å². The van der Waals surface area contributed by atoms with Gasteiger partial charge in [-0.05, 0) is 47.5 Å². The van der Waals surface area contributed by atoms with E-state index in [1.54, 1.807) is 24.4 Å². The smallest absolute Gasteiger partial charge is 0.392 e. The summed E-state index contributed by atoms with van der Waals surface area (Å²) < 4.78 is 53.7. The minimum atomic E-state index is -4.31. The van der Waals surface area contributed by atoms with E-state index in [0.29, 0.717) is 36.0 Å². The molecule has 2 aliphatic rings. The molecule has 1 aromatic heterocycles. The van der Waals surface area contributed by atoms with E-state index < -0.39 is 25.1 Å². The van der Waals surface area contributed by atoms with Crippen molar-refractivity contribution in [2.24, 2.45) is 0 Å². The zero-order valence-corrected chi connectivity index (χ0v) is 18.6. The number of benzene rings is 2. The second kappa shape index (κ2) is 9.46. The van der Waals surface area contributed by atoms with Gasteiger partial charge >= 0.3 is 6.18 Å². The van der Waals surface area contributed by atoms with Crippen LogP contribution in [-0.2, 0) is 4.74 Å². The summed E-state index contributed by atoms with van der Waals surface area (Å²) in [5.41, 5.74) is 2.37. The Labute approximate surface area is 199 Å². The molecule has 3 aromatic rings. The third-order valence-electron chi connectivity index (χ3n) is 5.71. The fourth-order valence-electron chi connectivity index (χ4n) is 3.92. The van der Waals surface area contributed by atoms with Crippen molar-refractivity contribution in [3.63, 3.8) is 0 Å². The van der Waals surface area contributed by atoms with Crippen LogP contribution in [0.5, 0.6) is 17.2 Å². The Morgan fingerprint density at radius 3 is 2.57 bits per heavy atom. The number of nitrogens with one attached hydrogen (secondary N) is 1. The van der Waals surface area contributed by atoms with Gasteiger partial charge in [-0.2, -0.15) is 13.2 Å². The number of alkyl halides is 3. The summed E-state index contributed by atoms with van der Waals surface area (Å²) in [4.78, 5) is 19.6. The van der Waals surface area contributed by atoms with E-state index in [9.17, 15) is 18.0 Å². The van der Waals surface area contributed by atoms with Crippen molar-refractivity contribution < 1.29 is 32.2 Å². The van der Waals surface area contributed by atoms with Gasteiger partial charge in [0, 0.05) is 25.4 Å². The molecule has 1 N–H and O–H groups in total. The highest BCUT2D eigenvalue weighted by Gasteiger charge is 2.27. The van der Waals surface area contributed by atoms with Gasteiger partial charge in [0.2, 0.25) is 0 Å². The fraction of sp³-hybridized carbons (Fsp3) is 0.280. The van der Waals surface area contributed by atoms with Crippen LogP contribution in [0, 0.1) is 0 Å². The van der Waals surface area contributed by atoms with Crippen LogP contribution >= 0.6 is 0 Å². The average Bonchev–Trinajstić information content (AvgIpc) is 2.99. The summed E-state index contributed by atoms with van der Waals surface area (Å²) in [6.07, 6.45) is -3.64. The van der Waals surface area contributed by atoms with Crippen molar-refractivity contribution in [3.8, 4) is 28.4 Å². The van der Waals surface area contributed by atoms with E-state index in [4.69, 9.17) is 14.2 Å². The topological polar surface area (TPSA) is 72.9 Å². The first-order chi connectivity index (χ1) is 16.9. The number of carbonyl (C=O) groups is 1. The minimum Gasteiger partial charge on any atom is -0.493 e. The summed E-state index contributed by atoms with van der Waals surface area (Å²) in [5, 5.41) is 2.77. The lowest BCUT2D eigenvalue weighted by Crippen LogP contribution is -2.36. The van der Waals surface area contributed by atoms with Gasteiger partial charge in [-0.3, -0.25) is 4.79 Å². The van der Waals surface area contributed by atoms with E-state index in [1.165, 1.54) is 12.1 Å². The Balaban J connectivity index is 1.36. The lowest BCUT2D eigenvalue weighted by molar-refractivity contribution is -0.139. The maximum absolute atomic E-state index is 13.0. The van der Waals surface area contributed by atoms with Crippen LogP contribution in [0.1, 0.15) is 16.8 Å². The number of anilines is 2. The third kappa shape index (κ3) is 5.32. The molecule has 7 nitrogen and oxygen atoms in total. The number of nitrogens with zero attached hydrogens (tertiary/aromatic N) is 2. The number of aromatic nitrogens is 1. The fourth-order valence-corrected chi connectivity index (χ4v) is 3.92. The molecular weight excluding hydrogens is 463 g/mol. The summed E-state index contributed by atoms with van der Waals surface area (Å²) in [7, 11) is 0. The maximum Gasteiger partial charge on any atom is 0.392 e. The maximum atomic E-state index is 13.0. The molecule has 35 heavy (non-hydrogen) atoms. The quantitative estimate of drug-likeness (QED) is 0.531. The van der Waals surface area contributed by atoms with Gasteiger partial charge in [-0.1, -0.05) is 6.07 Å². The van der Waals surface area contributed by atoms with Crippen LogP contribution in [0.3, 0.4) is 0 Å². The summed E-state index contributed by atoms with van der Waals surface area (Å²) in [6.45, 7) is 2.31. The first-order valence-electron chi connectivity index (χ1n) is 11.1. The molecule has 10 heteroatoms. The number of pyridine rings is 1. The van der Waals surface area contributed by atoms with Crippen molar-refractivity contribution in [2.45, 2.75) is 12.6 Å². The largest absolute Gasteiger partial charge is 0.493 e. The number of ether oxygens (including phenoxy) is 3. The number of hydrogen-bond acceptors (Lipinski definition) is 6. The highest BCUT2D eigenvalue weighted by Crippen LogP contribution is 2.39. The third-order valence-corrected chi connectivity index (χ3v) is 5.71. The normalized spacial score (nSPS) is 15.4. The molecule has 5 rings (SSSR count). The second-order valence-electron chi connectivity index (χ2n) is 8.14. The molecule has 1 amide bonds. The Hall–Kier alpha value is -3.79. The molecule has 2 aliphatic heterocycles. The van der Waals surface area contributed by atoms with Gasteiger partial charge in [0.05, 0.1) is 37.5 Å². The molecule has 2 aromatic carbocycles. The van der Waals surface area contributed by atoms with Crippen molar-refractivity contribution in [3.05, 3.63) is 60.3 Å². The van der Waals surface area contributed by atoms with E-state index in [2.05, 4.69) is 15.2 Å². The number of carbonyl (C=O) groups excluding carboxylic acids is 1. The van der Waals surface area contributed by atoms with Gasteiger partial charge in [-0.15, -0.1) is 0 Å². The number of hydrogen-bond donors (Lipinski definition) is 1. The van der Waals surface area contributed by atoms with E-state index in [1.807, 2.05) is 18.2 Å². The molecule has 182 valence electrons. The van der Waals surface area contributed by atoms with Crippen LogP contribution in [0.15, 0.2) is 54.7 Å². The SMILES string of the molecule is O=C1Nc2cc(OCCC(F)(F)F)ccc2Oc2ccc(-c3ccnc(N4CCOCC4)c3)cc21. The summed E-state index contributed by atoms with van der Waals surface area (Å²) in [6, 6.07) is 13.7. The molecule has 1 fully saturated rings. The number of morpholine rings is 1. The number of fused-ring (bicyclic) bond motifs is 2. The molecule has 0 saturated carbocycles. The molecule has 0 bridgehead atoms. The van der Waals surface area contributed by atoms with Crippen LogP contribution in [0.25, 0.3) is 11.1 Å². The standard InChI is InChI=1S/C25H22F3N3O4/c26-25(27,28)6-10-34-18-2-4-22-20(15-18)30-24(32)19-13-16(1-3-21(19)35-22)17-5-7-29-23(14-17)31-8-11-33-12-9-31/h1-5,7,13-15H,6,8-12H2,(H,30,32). The zero-order chi connectivity index (χ0) is 24.4. The zero-order valence-electron chi connectivity index (χ0n) is 18.6. The number of rotatable bonds is 5. The van der Waals surface area contributed by atoms with Crippen molar-refractivity contribution in [2.75, 3.05) is 43.1 Å². The highest BCUT2D eigenvalue weighted by atomic mass is 19.4. The second-order valence-corrected chi connectivity index (χ2v) is 8.14. The monoisotopic (exact) mass is 485 g/mol. The van der Waals surface area contributed by atoms with E-state index in [-0.39, 0.29) is 5.75 Å². The Morgan fingerprint density at radius 2 is 1.77 bits per heavy atom. The molecule has 0 unspecified atom stereocenters. The average molecular weight is 485 g/mol. The molecule has 0 atom stereocenters. The summed E-state index contributed by atoms with van der Waals surface area (Å²) >= 11 is 0. The van der Waals surface area contributed by atoms with Crippen LogP contribution in [0.4, 0.5) is 24.7 Å². The summed E-state index contributed by atoms with van der Waals surface area (Å²) in [5.74, 6) is 1.39. The molecule has 3 heterocycles. The van der Waals surface area contributed by atoms with Gasteiger partial charge in [-0.25, -0.2) is 4.98 Å². The Morgan fingerprint density at radius 1 is 1.00 bits per heavy atom.